The van der Waals surface area contributed by atoms with E-state index in [9.17, 15) is 0 Å². The zero-order chi connectivity index (χ0) is 16.9. The molecule has 3 rings (SSSR count). The highest BCUT2D eigenvalue weighted by Gasteiger charge is 2.10. The molecule has 0 bridgehead atoms. The van der Waals surface area contributed by atoms with E-state index in [4.69, 9.17) is 10.7 Å². The van der Waals surface area contributed by atoms with E-state index in [2.05, 4.69) is 48.4 Å². The summed E-state index contributed by atoms with van der Waals surface area (Å²) in [5, 5.41) is 3.17. The van der Waals surface area contributed by atoms with Gasteiger partial charge in [-0.2, -0.15) is 0 Å². The fraction of sp³-hybridized carbons (Fsp3) is 0.400. The number of aryl methyl sites for hydroxylation is 2. The van der Waals surface area contributed by atoms with E-state index in [1.165, 1.54) is 29.7 Å². The number of anilines is 1. The molecule has 0 radical (unpaired) electrons. The predicted octanol–water partition coefficient (Wildman–Crippen LogP) is 4.01. The summed E-state index contributed by atoms with van der Waals surface area (Å²) in [6.07, 6.45) is 4.76. The summed E-state index contributed by atoms with van der Waals surface area (Å²) in [4.78, 5) is 9.17. The van der Waals surface area contributed by atoms with Gasteiger partial charge in [0.2, 0.25) is 0 Å². The van der Waals surface area contributed by atoms with Gasteiger partial charge in [0.1, 0.15) is 0 Å². The second kappa shape index (κ2) is 7.47. The molecule has 1 heterocycles. The summed E-state index contributed by atoms with van der Waals surface area (Å²) in [5.41, 5.74) is 11.9. The van der Waals surface area contributed by atoms with E-state index in [0.29, 0.717) is 18.4 Å². The van der Waals surface area contributed by atoms with Crippen LogP contribution in [0, 0.1) is 0 Å². The average molecular weight is 322 g/mol. The van der Waals surface area contributed by atoms with Crippen LogP contribution < -0.4 is 11.1 Å². The van der Waals surface area contributed by atoms with Gasteiger partial charge in [0.25, 0.3) is 0 Å². The van der Waals surface area contributed by atoms with Crippen molar-refractivity contribution < 1.29 is 0 Å². The van der Waals surface area contributed by atoms with Crippen LogP contribution in [0.1, 0.15) is 55.1 Å². The van der Waals surface area contributed by atoms with Gasteiger partial charge in [-0.15, -0.1) is 0 Å². The van der Waals surface area contributed by atoms with Gasteiger partial charge < -0.3 is 11.1 Å². The van der Waals surface area contributed by atoms with Crippen LogP contribution in [0.5, 0.6) is 0 Å². The van der Waals surface area contributed by atoms with Gasteiger partial charge in [-0.25, -0.2) is 4.99 Å². The second-order valence-electron chi connectivity index (χ2n) is 6.72. The first-order valence-electron chi connectivity index (χ1n) is 8.76. The molecule has 0 atom stereocenters. The number of hydrogen-bond acceptors (Lipinski definition) is 2. The van der Waals surface area contributed by atoms with Crippen LogP contribution in [0.25, 0.3) is 0 Å². The van der Waals surface area contributed by atoms with E-state index >= 15 is 0 Å². The Labute approximate surface area is 144 Å². The third-order valence-corrected chi connectivity index (χ3v) is 4.47. The molecule has 0 amide bonds. The van der Waals surface area contributed by atoms with Gasteiger partial charge >= 0.3 is 0 Å². The molecule has 3 N–H and O–H groups in total. The van der Waals surface area contributed by atoms with E-state index in [-0.39, 0.29) is 0 Å². The first-order chi connectivity index (χ1) is 11.6. The van der Waals surface area contributed by atoms with Gasteiger partial charge in [0, 0.05) is 11.4 Å². The van der Waals surface area contributed by atoms with Crippen molar-refractivity contribution in [1.82, 2.24) is 4.98 Å². The van der Waals surface area contributed by atoms with Crippen LogP contribution in [-0.4, -0.2) is 10.9 Å². The minimum absolute atomic E-state index is 0.426. The Morgan fingerprint density at radius 3 is 2.88 bits per heavy atom. The molecule has 0 fully saturated rings. The number of rotatable bonds is 4. The summed E-state index contributed by atoms with van der Waals surface area (Å²) >= 11 is 0. The first-order valence-corrected chi connectivity index (χ1v) is 8.76. The molecule has 0 saturated heterocycles. The Balaban J connectivity index is 1.65. The number of aliphatic imine (C=N–C) groups is 1. The van der Waals surface area contributed by atoms with E-state index in [1.54, 1.807) is 0 Å². The van der Waals surface area contributed by atoms with Crippen molar-refractivity contribution in [3.63, 3.8) is 0 Å². The van der Waals surface area contributed by atoms with Crippen LogP contribution in [0.15, 0.2) is 41.4 Å². The monoisotopic (exact) mass is 322 g/mol. The highest BCUT2D eigenvalue weighted by molar-refractivity contribution is 5.92. The van der Waals surface area contributed by atoms with Crippen molar-refractivity contribution in [1.29, 1.82) is 0 Å². The van der Waals surface area contributed by atoms with Gasteiger partial charge in [-0.1, -0.05) is 32.0 Å². The Morgan fingerprint density at radius 2 is 2.04 bits per heavy atom. The summed E-state index contributed by atoms with van der Waals surface area (Å²) in [6, 6.07) is 12.5. The fourth-order valence-corrected chi connectivity index (χ4v) is 3.04. The Bertz CT molecular complexity index is 734. The van der Waals surface area contributed by atoms with Crippen LogP contribution in [0.2, 0.25) is 0 Å². The molecule has 4 heteroatoms. The molecule has 0 saturated carbocycles. The number of hydrogen-bond donors (Lipinski definition) is 2. The Kier molecular flexibility index (Phi) is 5.14. The summed E-state index contributed by atoms with van der Waals surface area (Å²) < 4.78 is 0. The lowest BCUT2D eigenvalue weighted by molar-refractivity contribution is 0.663. The lowest BCUT2D eigenvalue weighted by Crippen LogP contribution is -2.22. The molecular weight excluding hydrogens is 296 g/mol. The number of nitrogens with one attached hydrogen (secondary N) is 1. The molecule has 1 aromatic heterocycles. The number of benzene rings is 1. The van der Waals surface area contributed by atoms with Crippen molar-refractivity contribution in [3.8, 4) is 0 Å². The highest BCUT2D eigenvalue weighted by Crippen LogP contribution is 2.20. The summed E-state index contributed by atoms with van der Waals surface area (Å²) in [7, 11) is 0. The molecule has 1 aliphatic rings. The molecule has 1 aliphatic carbocycles. The smallest absolute Gasteiger partial charge is 0.193 e. The largest absolute Gasteiger partial charge is 0.370 e. The average Bonchev–Trinajstić information content (AvgIpc) is 2.60. The van der Waals surface area contributed by atoms with Crippen LogP contribution in [0.4, 0.5) is 5.69 Å². The molecule has 1 aromatic carbocycles. The van der Waals surface area contributed by atoms with Gasteiger partial charge in [0.15, 0.2) is 5.96 Å². The fourth-order valence-electron chi connectivity index (χ4n) is 3.04. The molecule has 0 spiro atoms. The van der Waals surface area contributed by atoms with Crippen molar-refractivity contribution in [2.24, 2.45) is 10.7 Å². The molecule has 0 aliphatic heterocycles. The topological polar surface area (TPSA) is 63.3 Å². The zero-order valence-corrected chi connectivity index (χ0v) is 14.5. The molecule has 126 valence electrons. The zero-order valence-electron chi connectivity index (χ0n) is 14.5. The number of guanidine groups is 1. The maximum atomic E-state index is 6.03. The Morgan fingerprint density at radius 1 is 1.21 bits per heavy atom. The summed E-state index contributed by atoms with van der Waals surface area (Å²) in [6.45, 7) is 4.87. The van der Waals surface area contributed by atoms with Crippen molar-refractivity contribution >= 4 is 11.6 Å². The van der Waals surface area contributed by atoms with Crippen molar-refractivity contribution in [2.75, 3.05) is 5.32 Å². The number of fused-ring (bicyclic) bond motifs is 1. The predicted molar refractivity (Wildman–Crippen MR) is 100 cm³/mol. The van der Waals surface area contributed by atoms with E-state index in [0.717, 1.165) is 24.2 Å². The van der Waals surface area contributed by atoms with E-state index in [1.807, 2.05) is 12.1 Å². The molecular formula is C20H26N4. The van der Waals surface area contributed by atoms with Crippen LogP contribution in [0.3, 0.4) is 0 Å². The number of aromatic nitrogens is 1. The Hall–Kier alpha value is -2.36. The summed E-state index contributed by atoms with van der Waals surface area (Å²) in [5.74, 6) is 0.917. The van der Waals surface area contributed by atoms with Crippen molar-refractivity contribution in [3.05, 3.63) is 58.9 Å². The first kappa shape index (κ1) is 16.5. The molecule has 24 heavy (non-hydrogen) atoms. The third kappa shape index (κ3) is 4.13. The minimum Gasteiger partial charge on any atom is -0.370 e. The normalized spacial score (nSPS) is 14.5. The van der Waals surface area contributed by atoms with Crippen LogP contribution in [-0.2, 0) is 19.4 Å². The van der Waals surface area contributed by atoms with Gasteiger partial charge in [0.05, 0.1) is 12.2 Å². The van der Waals surface area contributed by atoms with Crippen molar-refractivity contribution in [2.45, 2.75) is 52.0 Å². The molecule has 0 unspecified atom stereocenters. The molecule has 2 aromatic rings. The standard InChI is InChI=1S/C20H26N4/c1-14(2)16-7-5-8-17(12-16)24-20(21)22-13-18-11-10-15-6-3-4-9-19(15)23-18/h5,7-8,10-12,14H,3-4,6,9,13H2,1-2H3,(H3,21,22,24). The SMILES string of the molecule is CC(C)c1cccc(NC(N)=NCc2ccc3c(n2)CCCC3)c1. The molecule has 4 nitrogen and oxygen atoms in total. The van der Waals surface area contributed by atoms with Crippen LogP contribution >= 0.6 is 0 Å². The van der Waals surface area contributed by atoms with Gasteiger partial charge in [-0.05, 0) is 60.9 Å². The highest BCUT2D eigenvalue weighted by atomic mass is 15.1. The second-order valence-corrected chi connectivity index (χ2v) is 6.72. The maximum absolute atomic E-state index is 6.03. The van der Waals surface area contributed by atoms with E-state index < -0.39 is 0 Å². The minimum atomic E-state index is 0.426. The third-order valence-electron chi connectivity index (χ3n) is 4.47. The quantitative estimate of drug-likeness (QED) is 0.660. The number of nitrogens with two attached hydrogens (primary N) is 1. The van der Waals surface area contributed by atoms with Gasteiger partial charge in [-0.3, -0.25) is 4.98 Å². The maximum Gasteiger partial charge on any atom is 0.193 e. The lowest BCUT2D eigenvalue weighted by atomic mass is 9.96. The number of pyridine rings is 1. The lowest BCUT2D eigenvalue weighted by Gasteiger charge is -2.15. The number of nitrogens with zero attached hydrogens (tertiary/aromatic N) is 2.